The number of halogens is 2. The zero-order valence-corrected chi connectivity index (χ0v) is 12.0. The Morgan fingerprint density at radius 2 is 2.30 bits per heavy atom. The van der Waals surface area contributed by atoms with E-state index in [9.17, 15) is 19.3 Å². The average molecular weight is 347 g/mol. The number of hydrogen-bond acceptors (Lipinski definition) is 4. The maximum absolute atomic E-state index is 13.4. The van der Waals surface area contributed by atoms with Gasteiger partial charge in [0.05, 0.1) is 23.7 Å². The summed E-state index contributed by atoms with van der Waals surface area (Å²) >= 11 is 3.27. The zero-order valence-electron chi connectivity index (χ0n) is 10.4. The number of carbonyl (C=O) groups is 1. The smallest absolute Gasteiger partial charge is 0.273 e. The minimum atomic E-state index is -0.798. The maximum Gasteiger partial charge on any atom is 0.273 e. The van der Waals surface area contributed by atoms with Crippen molar-refractivity contribution in [3.8, 4) is 0 Å². The van der Waals surface area contributed by atoms with E-state index in [4.69, 9.17) is 4.74 Å². The number of amides is 1. The molecule has 6 nitrogen and oxygen atoms in total. The van der Waals surface area contributed by atoms with Crippen LogP contribution in [-0.2, 0) is 4.74 Å². The van der Waals surface area contributed by atoms with E-state index in [0.717, 1.165) is 18.2 Å². The van der Waals surface area contributed by atoms with Crippen LogP contribution in [0.2, 0.25) is 0 Å². The van der Waals surface area contributed by atoms with Gasteiger partial charge < -0.3 is 9.64 Å². The first-order valence-electron chi connectivity index (χ1n) is 5.93. The van der Waals surface area contributed by atoms with Crippen molar-refractivity contribution in [3.63, 3.8) is 0 Å². The zero-order chi connectivity index (χ0) is 14.7. The number of nitro groups is 1. The third-order valence-electron chi connectivity index (χ3n) is 2.94. The molecule has 1 atom stereocenters. The third kappa shape index (κ3) is 3.31. The maximum atomic E-state index is 13.4. The Kier molecular flexibility index (Phi) is 4.66. The van der Waals surface area contributed by atoms with Crippen molar-refractivity contribution in [3.05, 3.63) is 39.7 Å². The summed E-state index contributed by atoms with van der Waals surface area (Å²) in [5.41, 5.74) is -0.453. The first-order valence-corrected chi connectivity index (χ1v) is 7.05. The number of nitrogens with zero attached hydrogens (tertiary/aromatic N) is 2. The van der Waals surface area contributed by atoms with Crippen LogP contribution in [0.25, 0.3) is 0 Å². The molecule has 0 N–H and O–H groups in total. The highest BCUT2D eigenvalue weighted by Crippen LogP contribution is 2.19. The van der Waals surface area contributed by atoms with Gasteiger partial charge in [0, 0.05) is 30.0 Å². The van der Waals surface area contributed by atoms with Gasteiger partial charge in [-0.05, 0) is 6.07 Å². The van der Waals surface area contributed by atoms with Crippen molar-refractivity contribution >= 4 is 27.5 Å². The van der Waals surface area contributed by atoms with Gasteiger partial charge in [0.25, 0.3) is 11.6 Å². The standard InChI is InChI=1S/C12H12BrFN2O4/c13-6-11-7-15(1-2-20-11)12(17)8-3-9(14)5-10(4-8)16(18)19/h3-5,11H,1-2,6-7H2. The van der Waals surface area contributed by atoms with E-state index in [1.54, 1.807) is 0 Å². The van der Waals surface area contributed by atoms with Gasteiger partial charge in [0.2, 0.25) is 0 Å². The van der Waals surface area contributed by atoms with E-state index in [0.29, 0.717) is 25.0 Å². The molecule has 0 aromatic heterocycles. The van der Waals surface area contributed by atoms with Crippen LogP contribution in [0.15, 0.2) is 18.2 Å². The van der Waals surface area contributed by atoms with Crippen LogP contribution in [0.5, 0.6) is 0 Å². The van der Waals surface area contributed by atoms with Gasteiger partial charge in [0.15, 0.2) is 0 Å². The topological polar surface area (TPSA) is 72.7 Å². The molecule has 1 unspecified atom stereocenters. The number of ether oxygens (including phenoxy) is 1. The van der Waals surface area contributed by atoms with Crippen LogP contribution >= 0.6 is 15.9 Å². The number of morpholine rings is 1. The molecule has 0 radical (unpaired) electrons. The minimum Gasteiger partial charge on any atom is -0.374 e. The summed E-state index contributed by atoms with van der Waals surface area (Å²) in [6.07, 6.45) is -0.128. The van der Waals surface area contributed by atoms with Crippen molar-refractivity contribution in [2.45, 2.75) is 6.10 Å². The third-order valence-corrected chi connectivity index (χ3v) is 3.66. The number of carbonyl (C=O) groups excluding carboxylic acids is 1. The lowest BCUT2D eigenvalue weighted by Crippen LogP contribution is -2.46. The van der Waals surface area contributed by atoms with Crippen LogP contribution in [0.4, 0.5) is 10.1 Å². The quantitative estimate of drug-likeness (QED) is 0.476. The molecule has 20 heavy (non-hydrogen) atoms. The highest BCUT2D eigenvalue weighted by atomic mass is 79.9. The SMILES string of the molecule is O=C(c1cc(F)cc([N+](=O)[O-])c1)N1CCOC(CBr)C1. The van der Waals surface area contributed by atoms with Gasteiger partial charge in [0.1, 0.15) is 5.82 Å². The Balaban J connectivity index is 2.22. The lowest BCUT2D eigenvalue weighted by molar-refractivity contribution is -0.385. The number of alkyl halides is 1. The second kappa shape index (κ2) is 6.27. The lowest BCUT2D eigenvalue weighted by Gasteiger charge is -2.32. The molecule has 1 aliphatic heterocycles. The van der Waals surface area contributed by atoms with Gasteiger partial charge in [-0.15, -0.1) is 0 Å². The number of rotatable bonds is 3. The summed E-state index contributed by atoms with van der Waals surface area (Å²) in [5.74, 6) is -1.23. The monoisotopic (exact) mass is 346 g/mol. The Labute approximate surface area is 122 Å². The van der Waals surface area contributed by atoms with Crippen molar-refractivity contribution in [2.75, 3.05) is 25.0 Å². The van der Waals surface area contributed by atoms with Gasteiger partial charge >= 0.3 is 0 Å². The molecule has 1 aromatic rings. The number of hydrogen-bond donors (Lipinski definition) is 0. The molecule has 0 saturated carbocycles. The minimum absolute atomic E-state index is 0.0214. The Bertz CT molecular complexity index is 540. The molecule has 0 bridgehead atoms. The second-order valence-electron chi connectivity index (χ2n) is 4.35. The highest BCUT2D eigenvalue weighted by molar-refractivity contribution is 9.09. The highest BCUT2D eigenvalue weighted by Gasteiger charge is 2.25. The molecule has 1 saturated heterocycles. The number of nitro benzene ring substituents is 1. The molecular formula is C12H12BrFN2O4. The summed E-state index contributed by atoms with van der Waals surface area (Å²) in [7, 11) is 0. The molecule has 1 aromatic carbocycles. The van der Waals surface area contributed by atoms with Gasteiger partial charge in [-0.3, -0.25) is 14.9 Å². The van der Waals surface area contributed by atoms with E-state index in [1.165, 1.54) is 4.90 Å². The van der Waals surface area contributed by atoms with Gasteiger partial charge in [-0.2, -0.15) is 0 Å². The molecule has 2 rings (SSSR count). The first-order chi connectivity index (χ1) is 9.51. The molecule has 0 spiro atoms. The van der Waals surface area contributed by atoms with Crippen LogP contribution in [0.3, 0.4) is 0 Å². The van der Waals surface area contributed by atoms with Crippen LogP contribution in [0.1, 0.15) is 10.4 Å². The van der Waals surface area contributed by atoms with Crippen LogP contribution in [-0.4, -0.2) is 46.9 Å². The Morgan fingerprint density at radius 1 is 1.55 bits per heavy atom. The first kappa shape index (κ1) is 14.9. The van der Waals surface area contributed by atoms with E-state index in [2.05, 4.69) is 15.9 Å². The summed E-state index contributed by atoms with van der Waals surface area (Å²) in [6, 6.07) is 2.88. The molecule has 1 heterocycles. The van der Waals surface area contributed by atoms with Crippen LogP contribution in [0, 0.1) is 15.9 Å². The summed E-state index contributed by atoms with van der Waals surface area (Å²) in [6.45, 7) is 1.14. The molecule has 1 fully saturated rings. The largest absolute Gasteiger partial charge is 0.374 e. The average Bonchev–Trinajstić information content (AvgIpc) is 2.45. The lowest BCUT2D eigenvalue weighted by atomic mass is 10.1. The van der Waals surface area contributed by atoms with Crippen LogP contribution < -0.4 is 0 Å². The molecule has 1 aliphatic rings. The second-order valence-corrected chi connectivity index (χ2v) is 5.00. The molecule has 108 valence electrons. The number of non-ortho nitro benzene ring substituents is 1. The molecule has 0 aliphatic carbocycles. The van der Waals surface area contributed by atoms with Crippen molar-refractivity contribution < 1.29 is 18.8 Å². The van der Waals surface area contributed by atoms with E-state index in [-0.39, 0.29) is 11.7 Å². The molecule has 8 heteroatoms. The Hall–Kier alpha value is -1.54. The number of benzene rings is 1. The summed E-state index contributed by atoms with van der Waals surface area (Å²) < 4.78 is 18.8. The fraction of sp³-hybridized carbons (Fsp3) is 0.417. The van der Waals surface area contributed by atoms with Crippen molar-refractivity contribution in [1.29, 1.82) is 0 Å². The predicted octanol–water partition coefficient (Wildman–Crippen LogP) is 1.97. The summed E-state index contributed by atoms with van der Waals surface area (Å²) in [4.78, 5) is 23.7. The normalized spacial score (nSPS) is 18.9. The van der Waals surface area contributed by atoms with Crippen molar-refractivity contribution in [1.82, 2.24) is 4.90 Å². The van der Waals surface area contributed by atoms with Gasteiger partial charge in [-0.1, -0.05) is 15.9 Å². The molecular weight excluding hydrogens is 335 g/mol. The van der Waals surface area contributed by atoms with E-state index >= 15 is 0 Å². The summed E-state index contributed by atoms with van der Waals surface area (Å²) in [5, 5.41) is 11.3. The van der Waals surface area contributed by atoms with E-state index < -0.39 is 22.3 Å². The molecule has 1 amide bonds. The Morgan fingerprint density at radius 3 is 2.95 bits per heavy atom. The van der Waals surface area contributed by atoms with E-state index in [1.807, 2.05) is 0 Å². The predicted molar refractivity (Wildman–Crippen MR) is 72.5 cm³/mol. The fourth-order valence-electron chi connectivity index (χ4n) is 1.98. The van der Waals surface area contributed by atoms with Gasteiger partial charge in [-0.25, -0.2) is 4.39 Å². The fourth-order valence-corrected chi connectivity index (χ4v) is 2.37. The van der Waals surface area contributed by atoms with Crippen molar-refractivity contribution in [2.24, 2.45) is 0 Å².